The second-order valence-electron chi connectivity index (χ2n) is 6.76. The van der Waals surface area contributed by atoms with E-state index in [9.17, 15) is 13.6 Å². The molecule has 0 bridgehead atoms. The van der Waals surface area contributed by atoms with Gasteiger partial charge in [-0.1, -0.05) is 18.2 Å². The first kappa shape index (κ1) is 18.1. The molecule has 1 aliphatic heterocycles. The van der Waals surface area contributed by atoms with E-state index in [1.54, 1.807) is 12.1 Å². The fourth-order valence-corrected chi connectivity index (χ4v) is 3.44. The number of anilines is 3. The van der Waals surface area contributed by atoms with E-state index in [1.807, 2.05) is 42.3 Å². The highest BCUT2D eigenvalue weighted by atomic mass is 19.2. The predicted octanol–water partition coefficient (Wildman–Crippen LogP) is 4.72. The summed E-state index contributed by atoms with van der Waals surface area (Å²) in [7, 11) is 1.90. The van der Waals surface area contributed by atoms with Gasteiger partial charge in [-0.2, -0.15) is 0 Å². The number of fused-ring (bicyclic) bond motifs is 1. The van der Waals surface area contributed by atoms with Crippen LogP contribution in [-0.4, -0.2) is 24.5 Å². The monoisotopic (exact) mass is 379 g/mol. The highest BCUT2D eigenvalue weighted by molar-refractivity contribution is 6.06. The van der Waals surface area contributed by atoms with Crippen LogP contribution >= 0.6 is 0 Å². The van der Waals surface area contributed by atoms with Crippen molar-refractivity contribution in [2.24, 2.45) is 0 Å². The zero-order chi connectivity index (χ0) is 19.7. The number of hydrogen-bond acceptors (Lipinski definition) is 3. The number of pyridine rings is 1. The summed E-state index contributed by atoms with van der Waals surface area (Å²) < 4.78 is 27.2. The van der Waals surface area contributed by atoms with Crippen molar-refractivity contribution in [1.29, 1.82) is 0 Å². The molecule has 1 aromatic heterocycles. The van der Waals surface area contributed by atoms with Gasteiger partial charge >= 0.3 is 0 Å². The second kappa shape index (κ2) is 7.38. The lowest BCUT2D eigenvalue weighted by atomic mass is 10.0. The van der Waals surface area contributed by atoms with E-state index >= 15 is 0 Å². The average Bonchev–Trinajstić information content (AvgIpc) is 2.74. The molecular formula is C22H19F2N3O. The summed E-state index contributed by atoms with van der Waals surface area (Å²) >= 11 is 0. The van der Waals surface area contributed by atoms with Gasteiger partial charge in [-0.05, 0) is 48.7 Å². The van der Waals surface area contributed by atoms with Crippen molar-refractivity contribution in [3.05, 3.63) is 83.6 Å². The number of amides is 1. The van der Waals surface area contributed by atoms with E-state index < -0.39 is 11.6 Å². The molecule has 2 heterocycles. The largest absolute Gasteiger partial charge is 0.329 e. The Morgan fingerprint density at radius 2 is 1.82 bits per heavy atom. The third-order valence-electron chi connectivity index (χ3n) is 4.97. The maximum absolute atomic E-state index is 13.7. The van der Waals surface area contributed by atoms with Crippen molar-refractivity contribution < 1.29 is 13.6 Å². The molecule has 3 aromatic rings. The standard InChI is InChI=1S/C22H19F2N3O/c1-26(17-7-3-2-4-8-17)21-10-9-16(14-25-21)22(28)27-11-5-6-15-12-18(23)19(24)13-20(15)27/h2-4,7-10,12-14H,5-6,11H2,1H3. The van der Waals surface area contributed by atoms with Crippen LogP contribution in [0.2, 0.25) is 0 Å². The number of para-hydroxylation sites is 1. The van der Waals surface area contributed by atoms with Crippen LogP contribution in [0.1, 0.15) is 22.3 Å². The topological polar surface area (TPSA) is 36.4 Å². The number of aryl methyl sites for hydroxylation is 1. The van der Waals surface area contributed by atoms with Crippen molar-refractivity contribution in [3.8, 4) is 0 Å². The number of aromatic nitrogens is 1. The normalized spacial score (nSPS) is 13.2. The lowest BCUT2D eigenvalue weighted by molar-refractivity contribution is 0.0984. The average molecular weight is 379 g/mol. The Morgan fingerprint density at radius 3 is 2.54 bits per heavy atom. The van der Waals surface area contributed by atoms with Gasteiger partial charge in [0.05, 0.1) is 11.3 Å². The summed E-state index contributed by atoms with van der Waals surface area (Å²) in [4.78, 5) is 20.8. The molecule has 4 nitrogen and oxygen atoms in total. The predicted molar refractivity (Wildman–Crippen MR) is 105 cm³/mol. The molecule has 0 fully saturated rings. The quantitative estimate of drug-likeness (QED) is 0.661. The highest BCUT2D eigenvalue weighted by Crippen LogP contribution is 2.31. The molecule has 0 aliphatic carbocycles. The molecule has 0 atom stereocenters. The van der Waals surface area contributed by atoms with Gasteiger partial charge in [0.25, 0.3) is 5.91 Å². The second-order valence-corrected chi connectivity index (χ2v) is 6.76. The molecule has 0 saturated heterocycles. The molecule has 0 N–H and O–H groups in total. The fraction of sp³-hybridized carbons (Fsp3) is 0.182. The first-order chi connectivity index (χ1) is 13.5. The number of rotatable bonds is 3. The molecule has 28 heavy (non-hydrogen) atoms. The van der Waals surface area contributed by atoms with Crippen LogP contribution in [0.4, 0.5) is 26.0 Å². The molecule has 4 rings (SSSR count). The van der Waals surface area contributed by atoms with Crippen LogP contribution in [0.5, 0.6) is 0 Å². The van der Waals surface area contributed by atoms with Gasteiger partial charge in [-0.25, -0.2) is 13.8 Å². The summed E-state index contributed by atoms with van der Waals surface area (Å²) in [5.41, 5.74) is 2.46. The van der Waals surface area contributed by atoms with Crippen molar-refractivity contribution in [2.75, 3.05) is 23.4 Å². The van der Waals surface area contributed by atoms with Crippen LogP contribution in [0.25, 0.3) is 0 Å². The van der Waals surface area contributed by atoms with E-state index in [0.29, 0.717) is 42.0 Å². The Labute approximate surface area is 162 Å². The molecule has 0 saturated carbocycles. The molecule has 1 amide bonds. The summed E-state index contributed by atoms with van der Waals surface area (Å²) in [6.45, 7) is 0.461. The van der Waals surface area contributed by atoms with E-state index in [-0.39, 0.29) is 5.91 Å². The summed E-state index contributed by atoms with van der Waals surface area (Å²) in [6, 6.07) is 15.5. The van der Waals surface area contributed by atoms with E-state index in [0.717, 1.165) is 11.8 Å². The van der Waals surface area contributed by atoms with Gasteiger partial charge in [0.2, 0.25) is 0 Å². The number of carbonyl (C=O) groups excluding carboxylic acids is 1. The Kier molecular flexibility index (Phi) is 4.77. The van der Waals surface area contributed by atoms with Gasteiger partial charge < -0.3 is 9.80 Å². The number of hydrogen-bond donors (Lipinski definition) is 0. The molecule has 0 spiro atoms. The molecular weight excluding hydrogens is 360 g/mol. The number of halogens is 2. The molecule has 1 aliphatic rings. The Bertz CT molecular complexity index is 1010. The van der Waals surface area contributed by atoms with Crippen LogP contribution in [0, 0.1) is 11.6 Å². The van der Waals surface area contributed by atoms with Gasteiger partial charge in [0, 0.05) is 31.5 Å². The Morgan fingerprint density at radius 1 is 1.07 bits per heavy atom. The maximum atomic E-state index is 13.7. The van der Waals surface area contributed by atoms with Crippen molar-refractivity contribution in [2.45, 2.75) is 12.8 Å². The van der Waals surface area contributed by atoms with Crippen LogP contribution in [-0.2, 0) is 6.42 Å². The van der Waals surface area contributed by atoms with Crippen molar-refractivity contribution in [3.63, 3.8) is 0 Å². The minimum absolute atomic E-state index is 0.270. The molecule has 142 valence electrons. The van der Waals surface area contributed by atoms with Gasteiger partial charge in [0.15, 0.2) is 11.6 Å². The SMILES string of the molecule is CN(c1ccccc1)c1ccc(C(=O)N2CCCc3cc(F)c(F)cc32)cn1. The lowest BCUT2D eigenvalue weighted by Crippen LogP contribution is -2.35. The minimum Gasteiger partial charge on any atom is -0.329 e. The van der Waals surface area contributed by atoms with Crippen molar-refractivity contribution >= 4 is 23.1 Å². The first-order valence-electron chi connectivity index (χ1n) is 9.09. The van der Waals surface area contributed by atoms with E-state index in [2.05, 4.69) is 4.98 Å². The van der Waals surface area contributed by atoms with Gasteiger partial charge in [-0.3, -0.25) is 4.79 Å². The number of carbonyl (C=O) groups is 1. The molecule has 0 radical (unpaired) electrons. The minimum atomic E-state index is -0.948. The fourth-order valence-electron chi connectivity index (χ4n) is 3.44. The highest BCUT2D eigenvalue weighted by Gasteiger charge is 2.25. The molecule has 2 aromatic carbocycles. The Hall–Kier alpha value is -3.28. The number of benzene rings is 2. The maximum Gasteiger partial charge on any atom is 0.259 e. The Balaban J connectivity index is 1.59. The molecule has 6 heteroatoms. The van der Waals surface area contributed by atoms with E-state index in [1.165, 1.54) is 17.2 Å². The number of nitrogens with zero attached hydrogens (tertiary/aromatic N) is 3. The third kappa shape index (κ3) is 3.33. The van der Waals surface area contributed by atoms with Crippen LogP contribution in [0.15, 0.2) is 60.8 Å². The first-order valence-corrected chi connectivity index (χ1v) is 9.09. The zero-order valence-electron chi connectivity index (χ0n) is 15.4. The third-order valence-corrected chi connectivity index (χ3v) is 4.97. The van der Waals surface area contributed by atoms with Crippen molar-refractivity contribution in [1.82, 2.24) is 4.98 Å². The van der Waals surface area contributed by atoms with Crippen LogP contribution in [0.3, 0.4) is 0 Å². The van der Waals surface area contributed by atoms with Crippen LogP contribution < -0.4 is 9.80 Å². The molecule has 0 unspecified atom stereocenters. The smallest absolute Gasteiger partial charge is 0.259 e. The van der Waals surface area contributed by atoms with Gasteiger partial charge in [0.1, 0.15) is 5.82 Å². The summed E-state index contributed by atoms with van der Waals surface area (Å²) in [5, 5.41) is 0. The summed E-state index contributed by atoms with van der Waals surface area (Å²) in [5.74, 6) is -1.40. The zero-order valence-corrected chi connectivity index (χ0v) is 15.4. The summed E-state index contributed by atoms with van der Waals surface area (Å²) in [6.07, 6.45) is 2.84. The lowest BCUT2D eigenvalue weighted by Gasteiger charge is -2.29. The van der Waals surface area contributed by atoms with Gasteiger partial charge in [-0.15, -0.1) is 0 Å². The van der Waals surface area contributed by atoms with E-state index in [4.69, 9.17) is 0 Å².